The van der Waals surface area contributed by atoms with Crippen molar-refractivity contribution in [2.24, 2.45) is 0 Å². The number of ether oxygens (including phenoxy) is 1. The summed E-state index contributed by atoms with van der Waals surface area (Å²) in [5, 5.41) is 12.0. The Morgan fingerprint density at radius 2 is 1.24 bits per heavy atom. The van der Waals surface area contributed by atoms with Crippen LogP contribution in [0.15, 0.2) is 174 Å². The second-order valence-corrected chi connectivity index (χ2v) is 15.1. The van der Waals surface area contributed by atoms with Gasteiger partial charge < -0.3 is 14.2 Å². The van der Waals surface area contributed by atoms with Crippen molar-refractivity contribution in [3.05, 3.63) is 192 Å². The molecule has 3 aliphatic rings. The standard InChI is InChI=1S/C48H27N5OS/c49-28-29-20-23-37-32(26-29)31-10-1-2-13-36(31)53(37)40-16-7-17-41-45(40)48(34-11-8-24-50-46(34)47-35(48)12-9-25-51-47)33-22-21-30(27-42(33)54-41)52-38-14-3-5-18-43(38)55-44-19-6-4-15-39(44)52/h1-27H. The summed E-state index contributed by atoms with van der Waals surface area (Å²) in [6.07, 6.45) is 3.71. The first kappa shape index (κ1) is 30.3. The van der Waals surface area contributed by atoms with E-state index >= 15 is 0 Å². The molecule has 0 radical (unpaired) electrons. The van der Waals surface area contributed by atoms with Gasteiger partial charge in [0.15, 0.2) is 0 Å². The highest BCUT2D eigenvalue weighted by atomic mass is 32.2. The molecule has 12 rings (SSSR count). The summed E-state index contributed by atoms with van der Waals surface area (Å²) in [6.45, 7) is 0. The van der Waals surface area contributed by atoms with Crippen molar-refractivity contribution in [2.45, 2.75) is 15.2 Å². The van der Waals surface area contributed by atoms with Crippen LogP contribution in [0.3, 0.4) is 0 Å². The molecular formula is C48H27N5OS. The lowest BCUT2D eigenvalue weighted by molar-refractivity contribution is 0.436. The van der Waals surface area contributed by atoms with Crippen LogP contribution in [0.4, 0.5) is 17.1 Å². The number of nitriles is 1. The minimum absolute atomic E-state index is 0.628. The van der Waals surface area contributed by atoms with E-state index < -0.39 is 5.41 Å². The molecular weight excluding hydrogens is 695 g/mol. The molecule has 55 heavy (non-hydrogen) atoms. The third-order valence-electron chi connectivity index (χ3n) is 11.3. The number of pyridine rings is 2. The molecule has 1 aliphatic carbocycles. The van der Waals surface area contributed by atoms with E-state index in [1.807, 2.05) is 36.7 Å². The lowest BCUT2D eigenvalue weighted by Gasteiger charge is -2.41. The van der Waals surface area contributed by atoms with Crippen LogP contribution < -0.4 is 9.64 Å². The molecule has 0 saturated heterocycles. The van der Waals surface area contributed by atoms with E-state index in [0.717, 1.165) is 89.7 Å². The number of anilines is 3. The Morgan fingerprint density at radius 3 is 1.98 bits per heavy atom. The molecule has 7 heteroatoms. The third kappa shape index (κ3) is 3.98. The normalized spacial score (nSPS) is 14.0. The van der Waals surface area contributed by atoms with E-state index in [4.69, 9.17) is 14.7 Å². The zero-order valence-electron chi connectivity index (χ0n) is 29.1. The van der Waals surface area contributed by atoms with Crippen molar-refractivity contribution in [1.82, 2.24) is 14.5 Å². The van der Waals surface area contributed by atoms with Crippen LogP contribution in [0.2, 0.25) is 0 Å². The first-order valence-electron chi connectivity index (χ1n) is 18.2. The Labute approximate surface area is 320 Å². The van der Waals surface area contributed by atoms with Gasteiger partial charge in [0.2, 0.25) is 0 Å². The van der Waals surface area contributed by atoms with Gasteiger partial charge in [0.1, 0.15) is 11.5 Å². The quantitative estimate of drug-likeness (QED) is 0.177. The number of rotatable bonds is 2. The van der Waals surface area contributed by atoms with Crippen LogP contribution in [0.25, 0.3) is 38.9 Å². The summed E-state index contributed by atoms with van der Waals surface area (Å²) in [5.41, 5.74) is 12.1. The third-order valence-corrected chi connectivity index (χ3v) is 12.5. The van der Waals surface area contributed by atoms with Crippen LogP contribution in [-0.2, 0) is 5.41 Å². The Kier molecular flexibility index (Phi) is 6.17. The van der Waals surface area contributed by atoms with Gasteiger partial charge in [-0.3, -0.25) is 9.97 Å². The highest BCUT2D eigenvalue weighted by Crippen LogP contribution is 2.63. The molecule has 256 valence electrons. The number of benzene rings is 6. The molecule has 0 amide bonds. The lowest BCUT2D eigenvalue weighted by atomic mass is 9.65. The van der Waals surface area contributed by atoms with Gasteiger partial charge in [0.05, 0.1) is 56.5 Å². The smallest absolute Gasteiger partial charge is 0.134 e. The zero-order valence-corrected chi connectivity index (χ0v) is 30.0. The van der Waals surface area contributed by atoms with E-state index in [2.05, 4.69) is 143 Å². The molecule has 0 N–H and O–H groups in total. The monoisotopic (exact) mass is 721 g/mol. The van der Waals surface area contributed by atoms with Crippen molar-refractivity contribution >= 4 is 50.6 Å². The number of hydrogen-bond donors (Lipinski definition) is 0. The first-order valence-corrected chi connectivity index (χ1v) is 19.0. The molecule has 3 aromatic heterocycles. The van der Waals surface area contributed by atoms with Gasteiger partial charge in [-0.25, -0.2) is 0 Å². The average Bonchev–Trinajstić information content (AvgIpc) is 3.72. The fraction of sp³-hybridized carbons (Fsp3) is 0.0208. The summed E-state index contributed by atoms with van der Waals surface area (Å²) < 4.78 is 9.50. The molecule has 0 unspecified atom stereocenters. The Morgan fingerprint density at radius 1 is 0.564 bits per heavy atom. The van der Waals surface area contributed by atoms with Gasteiger partial charge in [0, 0.05) is 55.8 Å². The van der Waals surface area contributed by atoms with Crippen molar-refractivity contribution in [3.8, 4) is 34.6 Å². The van der Waals surface area contributed by atoms with Crippen molar-refractivity contribution in [1.29, 1.82) is 5.26 Å². The highest BCUT2D eigenvalue weighted by molar-refractivity contribution is 7.99. The number of aromatic nitrogens is 3. The molecule has 1 spiro atoms. The van der Waals surface area contributed by atoms with Gasteiger partial charge in [0.25, 0.3) is 0 Å². The maximum atomic E-state index is 9.88. The van der Waals surface area contributed by atoms with Crippen LogP contribution in [0, 0.1) is 11.3 Å². The Bertz CT molecular complexity index is 3070. The predicted octanol–water partition coefficient (Wildman–Crippen LogP) is 11.8. The molecule has 5 heterocycles. The predicted molar refractivity (Wildman–Crippen MR) is 217 cm³/mol. The summed E-state index contributed by atoms with van der Waals surface area (Å²) in [4.78, 5) is 14.7. The number of hydrogen-bond acceptors (Lipinski definition) is 6. The van der Waals surface area contributed by atoms with E-state index in [9.17, 15) is 5.26 Å². The SMILES string of the molecule is N#Cc1ccc2c(c1)c1ccccc1n2-c1cccc2c1C1(c3ccc(N4c5ccccc5Sc5ccccc54)cc3O2)c2cccnc2-c2ncccc21. The average molecular weight is 722 g/mol. The van der Waals surface area contributed by atoms with Gasteiger partial charge >= 0.3 is 0 Å². The number of para-hydroxylation sites is 3. The van der Waals surface area contributed by atoms with Gasteiger partial charge in [-0.1, -0.05) is 78.5 Å². The minimum atomic E-state index is -0.816. The topological polar surface area (TPSA) is 67.0 Å². The Hall–Kier alpha value is -7.14. The molecule has 2 aliphatic heterocycles. The number of fused-ring (bicyclic) bond motifs is 14. The van der Waals surface area contributed by atoms with E-state index in [-0.39, 0.29) is 0 Å². The van der Waals surface area contributed by atoms with E-state index in [1.165, 1.54) is 9.79 Å². The first-order chi connectivity index (χ1) is 27.2. The summed E-state index contributed by atoms with van der Waals surface area (Å²) in [5.74, 6) is 1.55. The van der Waals surface area contributed by atoms with Gasteiger partial charge in [-0.2, -0.15) is 5.26 Å². The fourth-order valence-corrected chi connectivity index (χ4v) is 10.3. The minimum Gasteiger partial charge on any atom is -0.457 e. The molecule has 6 aromatic carbocycles. The fourth-order valence-electron chi connectivity index (χ4n) is 9.25. The van der Waals surface area contributed by atoms with Crippen molar-refractivity contribution < 1.29 is 4.74 Å². The van der Waals surface area contributed by atoms with Gasteiger partial charge in [-0.15, -0.1) is 0 Å². The molecule has 0 bridgehead atoms. The van der Waals surface area contributed by atoms with Crippen LogP contribution in [-0.4, -0.2) is 14.5 Å². The highest BCUT2D eigenvalue weighted by Gasteiger charge is 2.54. The second kappa shape index (κ2) is 11.2. The van der Waals surface area contributed by atoms with Crippen molar-refractivity contribution in [3.63, 3.8) is 0 Å². The van der Waals surface area contributed by atoms with Crippen LogP contribution in [0.5, 0.6) is 11.5 Å². The lowest BCUT2D eigenvalue weighted by Crippen LogP contribution is -2.34. The molecule has 0 saturated carbocycles. The van der Waals surface area contributed by atoms with Crippen molar-refractivity contribution in [2.75, 3.05) is 4.90 Å². The largest absolute Gasteiger partial charge is 0.457 e. The summed E-state index contributed by atoms with van der Waals surface area (Å²) in [7, 11) is 0. The zero-order chi connectivity index (χ0) is 36.3. The maximum absolute atomic E-state index is 9.88. The van der Waals surface area contributed by atoms with Crippen LogP contribution >= 0.6 is 11.8 Å². The summed E-state index contributed by atoms with van der Waals surface area (Å²) >= 11 is 1.80. The maximum Gasteiger partial charge on any atom is 0.134 e. The molecule has 0 atom stereocenters. The number of nitrogens with zero attached hydrogens (tertiary/aromatic N) is 5. The Balaban J connectivity index is 1.18. The van der Waals surface area contributed by atoms with E-state index in [0.29, 0.717) is 5.56 Å². The summed E-state index contributed by atoms with van der Waals surface area (Å²) in [6, 6.07) is 55.4. The van der Waals surface area contributed by atoms with Crippen LogP contribution in [0.1, 0.15) is 27.8 Å². The second-order valence-electron chi connectivity index (χ2n) is 14.1. The molecule has 0 fully saturated rings. The molecule has 9 aromatic rings. The molecule has 6 nitrogen and oxygen atoms in total. The van der Waals surface area contributed by atoms with E-state index in [1.54, 1.807) is 11.8 Å². The van der Waals surface area contributed by atoms with Gasteiger partial charge in [-0.05, 0) is 90.0 Å².